The van der Waals surface area contributed by atoms with Gasteiger partial charge >= 0.3 is 0 Å². The number of phenols is 1. The first kappa shape index (κ1) is 15.4. The fourth-order valence-electron chi connectivity index (χ4n) is 1.82. The lowest BCUT2D eigenvalue weighted by molar-refractivity contribution is 0.105. The summed E-state index contributed by atoms with van der Waals surface area (Å²) in [6, 6.07) is 6.80. The highest BCUT2D eigenvalue weighted by molar-refractivity contribution is 7.14. The number of aromatic hydroxyl groups is 1. The summed E-state index contributed by atoms with van der Waals surface area (Å²) >= 11 is 1.45. The molecule has 4 heteroatoms. The van der Waals surface area contributed by atoms with E-state index < -0.39 is 0 Å². The van der Waals surface area contributed by atoms with E-state index in [1.807, 2.05) is 13.0 Å². The van der Waals surface area contributed by atoms with E-state index >= 15 is 0 Å². The monoisotopic (exact) mass is 301 g/mol. The fourth-order valence-corrected chi connectivity index (χ4v) is 2.87. The Hall–Kier alpha value is -1.94. The number of hydrogen-bond donors (Lipinski definition) is 1. The van der Waals surface area contributed by atoms with Crippen LogP contribution in [0.4, 0.5) is 0 Å². The van der Waals surface area contributed by atoms with E-state index in [-0.39, 0.29) is 16.9 Å². The van der Waals surface area contributed by atoms with Crippen molar-refractivity contribution in [1.82, 2.24) is 4.98 Å². The molecule has 1 aromatic carbocycles. The van der Waals surface area contributed by atoms with Crippen LogP contribution >= 0.6 is 11.3 Å². The summed E-state index contributed by atoms with van der Waals surface area (Å²) < 4.78 is 0. The summed E-state index contributed by atoms with van der Waals surface area (Å²) in [7, 11) is 0. The third-order valence-electron chi connectivity index (χ3n) is 2.96. The van der Waals surface area contributed by atoms with E-state index in [0.29, 0.717) is 4.88 Å². The van der Waals surface area contributed by atoms with E-state index in [1.165, 1.54) is 17.4 Å². The molecule has 1 N–H and O–H groups in total. The van der Waals surface area contributed by atoms with Crippen LogP contribution in [0.25, 0.3) is 6.08 Å². The number of ketones is 1. The summed E-state index contributed by atoms with van der Waals surface area (Å²) in [5.74, 6) is 0.137. The number of benzene rings is 1. The molecule has 3 nitrogen and oxygen atoms in total. The zero-order chi connectivity index (χ0) is 15.6. The Balaban J connectivity index is 2.23. The standard InChI is InChI=1S/C17H19NO2S/c1-11-15(21-16(18-11)17(2,3)4)14(20)9-8-12-6-5-7-13(19)10-12/h5-10,19H,1-4H3/b9-8+. The van der Waals surface area contributed by atoms with Gasteiger partial charge < -0.3 is 5.11 Å². The summed E-state index contributed by atoms with van der Waals surface area (Å²) in [6.07, 6.45) is 3.24. The summed E-state index contributed by atoms with van der Waals surface area (Å²) in [6.45, 7) is 8.12. The zero-order valence-corrected chi connectivity index (χ0v) is 13.5. The van der Waals surface area contributed by atoms with E-state index in [1.54, 1.807) is 24.3 Å². The minimum Gasteiger partial charge on any atom is -0.508 e. The van der Waals surface area contributed by atoms with E-state index in [0.717, 1.165) is 16.3 Å². The molecule has 0 fully saturated rings. The Labute approximate surface area is 129 Å². The highest BCUT2D eigenvalue weighted by atomic mass is 32.1. The number of phenolic OH excluding ortho intramolecular Hbond substituents is 1. The number of aromatic nitrogens is 1. The van der Waals surface area contributed by atoms with Crippen LogP contribution in [0.1, 0.15) is 46.7 Å². The van der Waals surface area contributed by atoms with Crippen molar-refractivity contribution < 1.29 is 9.90 Å². The van der Waals surface area contributed by atoms with Crippen LogP contribution in [0, 0.1) is 6.92 Å². The van der Waals surface area contributed by atoms with Gasteiger partial charge in [-0.3, -0.25) is 4.79 Å². The molecule has 0 spiro atoms. The lowest BCUT2D eigenvalue weighted by Crippen LogP contribution is -2.10. The summed E-state index contributed by atoms with van der Waals surface area (Å²) in [4.78, 5) is 17.5. The van der Waals surface area contributed by atoms with Crippen LogP contribution in [-0.2, 0) is 5.41 Å². The number of hydrogen-bond acceptors (Lipinski definition) is 4. The average Bonchev–Trinajstić information content (AvgIpc) is 2.78. The fraction of sp³-hybridized carbons (Fsp3) is 0.294. The van der Waals surface area contributed by atoms with Crippen LogP contribution < -0.4 is 0 Å². The molecule has 0 saturated heterocycles. The number of carbonyl (C=O) groups excluding carboxylic acids is 1. The maximum atomic E-state index is 12.3. The van der Waals surface area contributed by atoms with E-state index in [2.05, 4.69) is 25.8 Å². The second-order valence-corrected chi connectivity index (χ2v) is 6.98. The van der Waals surface area contributed by atoms with Crippen LogP contribution in [0.5, 0.6) is 5.75 Å². The molecule has 1 heterocycles. The van der Waals surface area contributed by atoms with Crippen molar-refractivity contribution >= 4 is 23.2 Å². The number of carbonyl (C=O) groups is 1. The Morgan fingerprint density at radius 3 is 2.62 bits per heavy atom. The predicted molar refractivity (Wildman–Crippen MR) is 87.0 cm³/mol. The number of nitrogens with zero attached hydrogens (tertiary/aromatic N) is 1. The van der Waals surface area contributed by atoms with Crippen molar-refractivity contribution in [2.24, 2.45) is 0 Å². The SMILES string of the molecule is Cc1nc(C(C)(C)C)sc1C(=O)/C=C/c1cccc(O)c1. The second kappa shape index (κ2) is 5.82. The van der Waals surface area contributed by atoms with Crippen LogP contribution in [0.15, 0.2) is 30.3 Å². The highest BCUT2D eigenvalue weighted by Crippen LogP contribution is 2.29. The first-order chi connectivity index (χ1) is 9.77. The van der Waals surface area contributed by atoms with Crippen molar-refractivity contribution in [3.63, 3.8) is 0 Å². The minimum absolute atomic E-state index is 0.0520. The van der Waals surface area contributed by atoms with Gasteiger partial charge in [0.1, 0.15) is 5.75 Å². The molecule has 0 unspecified atom stereocenters. The molecule has 0 bridgehead atoms. The second-order valence-electron chi connectivity index (χ2n) is 5.98. The first-order valence-electron chi connectivity index (χ1n) is 6.77. The molecule has 0 saturated carbocycles. The van der Waals surface area contributed by atoms with Crippen LogP contribution in [0.2, 0.25) is 0 Å². The van der Waals surface area contributed by atoms with Gasteiger partial charge in [-0.05, 0) is 30.7 Å². The molecule has 2 rings (SSSR count). The van der Waals surface area contributed by atoms with Gasteiger partial charge in [-0.1, -0.05) is 39.0 Å². The molecule has 0 aliphatic rings. The van der Waals surface area contributed by atoms with Gasteiger partial charge in [0.2, 0.25) is 0 Å². The number of thiazole rings is 1. The summed E-state index contributed by atoms with van der Waals surface area (Å²) in [5.41, 5.74) is 1.51. The zero-order valence-electron chi connectivity index (χ0n) is 12.7. The van der Waals surface area contributed by atoms with Crippen LogP contribution in [-0.4, -0.2) is 15.9 Å². The molecular formula is C17H19NO2S. The van der Waals surface area contributed by atoms with Crippen molar-refractivity contribution in [1.29, 1.82) is 0 Å². The maximum absolute atomic E-state index is 12.3. The Morgan fingerprint density at radius 1 is 1.33 bits per heavy atom. The van der Waals surface area contributed by atoms with Gasteiger partial charge in [0, 0.05) is 5.41 Å². The normalized spacial score (nSPS) is 12.0. The first-order valence-corrected chi connectivity index (χ1v) is 7.58. The molecule has 0 aliphatic heterocycles. The molecule has 2 aromatic rings. The lowest BCUT2D eigenvalue weighted by Gasteiger charge is -2.13. The Bertz CT molecular complexity index is 693. The van der Waals surface area contributed by atoms with E-state index in [9.17, 15) is 9.90 Å². The average molecular weight is 301 g/mol. The number of rotatable bonds is 3. The minimum atomic E-state index is -0.0527. The van der Waals surface area contributed by atoms with Crippen molar-refractivity contribution in [3.8, 4) is 5.75 Å². The van der Waals surface area contributed by atoms with Crippen molar-refractivity contribution in [2.75, 3.05) is 0 Å². The molecule has 110 valence electrons. The van der Waals surface area contributed by atoms with E-state index in [4.69, 9.17) is 0 Å². The lowest BCUT2D eigenvalue weighted by atomic mass is 9.98. The molecule has 1 aromatic heterocycles. The third-order valence-corrected chi connectivity index (χ3v) is 4.56. The maximum Gasteiger partial charge on any atom is 0.197 e. The molecular weight excluding hydrogens is 282 g/mol. The summed E-state index contributed by atoms with van der Waals surface area (Å²) in [5, 5.41) is 10.4. The van der Waals surface area contributed by atoms with Crippen molar-refractivity contribution in [2.45, 2.75) is 33.1 Å². The van der Waals surface area contributed by atoms with Gasteiger partial charge in [0.15, 0.2) is 5.78 Å². The van der Waals surface area contributed by atoms with Gasteiger partial charge in [-0.15, -0.1) is 11.3 Å². The van der Waals surface area contributed by atoms with Gasteiger partial charge in [-0.25, -0.2) is 4.98 Å². The molecule has 0 radical (unpaired) electrons. The Kier molecular flexibility index (Phi) is 4.28. The predicted octanol–water partition coefficient (Wildman–Crippen LogP) is 4.35. The largest absolute Gasteiger partial charge is 0.508 e. The van der Waals surface area contributed by atoms with Crippen LogP contribution in [0.3, 0.4) is 0 Å². The molecule has 0 aliphatic carbocycles. The number of allylic oxidation sites excluding steroid dienone is 1. The quantitative estimate of drug-likeness (QED) is 0.677. The molecule has 0 atom stereocenters. The van der Waals surface area contributed by atoms with Gasteiger partial charge in [0.05, 0.1) is 15.6 Å². The van der Waals surface area contributed by atoms with Crippen molar-refractivity contribution in [3.05, 3.63) is 51.5 Å². The topological polar surface area (TPSA) is 50.2 Å². The smallest absolute Gasteiger partial charge is 0.197 e. The molecule has 0 amide bonds. The van der Waals surface area contributed by atoms with Gasteiger partial charge in [0.25, 0.3) is 0 Å². The highest BCUT2D eigenvalue weighted by Gasteiger charge is 2.22. The molecule has 21 heavy (non-hydrogen) atoms. The number of aryl methyl sites for hydroxylation is 1. The van der Waals surface area contributed by atoms with Gasteiger partial charge in [-0.2, -0.15) is 0 Å². The Morgan fingerprint density at radius 2 is 2.05 bits per heavy atom. The third kappa shape index (κ3) is 3.79.